The summed E-state index contributed by atoms with van der Waals surface area (Å²) in [6, 6.07) is 16.1. The molecule has 3 heterocycles. The van der Waals surface area contributed by atoms with Crippen molar-refractivity contribution in [2.24, 2.45) is 0 Å². The summed E-state index contributed by atoms with van der Waals surface area (Å²) in [5, 5.41) is 10.9. The Bertz CT molecular complexity index is 1150. The van der Waals surface area contributed by atoms with Gasteiger partial charge in [-0.2, -0.15) is 0 Å². The van der Waals surface area contributed by atoms with Gasteiger partial charge in [-0.3, -0.25) is 14.6 Å². The Morgan fingerprint density at radius 2 is 1.88 bits per heavy atom. The maximum atomic E-state index is 12.3. The molecule has 3 aromatic rings. The molecular formula is C25H26N4O3S. The van der Waals surface area contributed by atoms with E-state index in [1.54, 1.807) is 31.3 Å². The highest BCUT2D eigenvalue weighted by Gasteiger charge is 2.43. The number of carboxylic acid groups (broad SMARTS) is 1. The molecule has 1 N–H and O–H groups in total. The summed E-state index contributed by atoms with van der Waals surface area (Å²) in [7, 11) is 1.68. The lowest BCUT2D eigenvalue weighted by Crippen LogP contribution is -2.47. The number of hydrogen-bond donors (Lipinski definition) is 1. The quantitative estimate of drug-likeness (QED) is 0.581. The number of carboxylic acids is 1. The standard InChI is InChI=1S/C25H26N4O3S/c1-32-17-29-20-15-18(7-8-21(20)33-23-22(29)26-11-12-27-23)16-28-13-9-25(10-14-28,24(30)31)19-5-3-2-4-6-19/h2-8,11-12,15H,9-10,13-14,16-17H2,1H3,(H,30,31). The first-order valence-corrected chi connectivity index (χ1v) is 11.8. The lowest BCUT2D eigenvalue weighted by Gasteiger charge is -2.39. The summed E-state index contributed by atoms with van der Waals surface area (Å²) in [4.78, 5) is 26.8. The molecule has 8 heteroatoms. The molecule has 0 spiro atoms. The Morgan fingerprint density at radius 1 is 1.12 bits per heavy atom. The highest BCUT2D eigenvalue weighted by molar-refractivity contribution is 7.99. The zero-order chi connectivity index (χ0) is 22.8. The largest absolute Gasteiger partial charge is 0.481 e. The van der Waals surface area contributed by atoms with Gasteiger partial charge in [-0.1, -0.05) is 48.2 Å². The van der Waals surface area contributed by atoms with Gasteiger partial charge in [0.2, 0.25) is 0 Å². The van der Waals surface area contributed by atoms with Gasteiger partial charge in [0.25, 0.3) is 0 Å². The highest BCUT2D eigenvalue weighted by atomic mass is 32.2. The topological polar surface area (TPSA) is 78.8 Å². The summed E-state index contributed by atoms with van der Waals surface area (Å²) < 4.78 is 5.46. The van der Waals surface area contributed by atoms with Crippen LogP contribution in [0, 0.1) is 0 Å². The van der Waals surface area contributed by atoms with Crippen molar-refractivity contribution in [2.45, 2.75) is 34.7 Å². The van der Waals surface area contributed by atoms with Crippen molar-refractivity contribution in [3.8, 4) is 0 Å². The predicted octanol–water partition coefficient (Wildman–Crippen LogP) is 4.30. The van der Waals surface area contributed by atoms with Crippen molar-refractivity contribution < 1.29 is 14.6 Å². The third kappa shape index (κ3) is 4.10. The first-order valence-electron chi connectivity index (χ1n) is 11.0. The van der Waals surface area contributed by atoms with E-state index >= 15 is 0 Å². The minimum atomic E-state index is -0.804. The number of likely N-dealkylation sites (tertiary alicyclic amines) is 1. The second-order valence-electron chi connectivity index (χ2n) is 8.46. The van der Waals surface area contributed by atoms with Crippen LogP contribution in [-0.4, -0.2) is 52.9 Å². The molecule has 7 nitrogen and oxygen atoms in total. The van der Waals surface area contributed by atoms with Gasteiger partial charge in [0, 0.05) is 30.9 Å². The number of hydrogen-bond acceptors (Lipinski definition) is 7. The zero-order valence-corrected chi connectivity index (χ0v) is 19.3. The number of benzene rings is 2. The van der Waals surface area contributed by atoms with Crippen molar-refractivity contribution >= 4 is 29.2 Å². The number of anilines is 2. The molecule has 5 rings (SSSR count). The average Bonchev–Trinajstić information content (AvgIpc) is 2.85. The van der Waals surface area contributed by atoms with Gasteiger partial charge in [-0.15, -0.1) is 0 Å². The van der Waals surface area contributed by atoms with E-state index in [1.165, 1.54) is 5.56 Å². The Balaban J connectivity index is 1.34. The number of fused-ring (bicyclic) bond motifs is 2. The minimum absolute atomic E-state index is 0.393. The van der Waals surface area contributed by atoms with Crippen LogP contribution >= 0.6 is 11.8 Å². The number of carbonyl (C=O) groups is 1. The molecule has 1 aromatic heterocycles. The van der Waals surface area contributed by atoms with Gasteiger partial charge in [-0.05, 0) is 49.2 Å². The molecule has 2 aliphatic rings. The molecule has 33 heavy (non-hydrogen) atoms. The van der Waals surface area contributed by atoms with E-state index in [0.717, 1.165) is 46.6 Å². The molecule has 0 bridgehead atoms. The average molecular weight is 463 g/mol. The third-order valence-electron chi connectivity index (χ3n) is 6.53. The van der Waals surface area contributed by atoms with Gasteiger partial charge in [-0.25, -0.2) is 9.97 Å². The van der Waals surface area contributed by atoms with E-state index in [2.05, 4.69) is 38.0 Å². The molecule has 0 radical (unpaired) electrons. The van der Waals surface area contributed by atoms with E-state index in [-0.39, 0.29) is 0 Å². The second-order valence-corrected chi connectivity index (χ2v) is 9.50. The summed E-state index contributed by atoms with van der Waals surface area (Å²) in [5.41, 5.74) is 2.35. The lowest BCUT2D eigenvalue weighted by atomic mass is 9.73. The molecule has 170 valence electrons. The Labute approximate surface area is 197 Å². The van der Waals surface area contributed by atoms with Crippen LogP contribution in [0.4, 0.5) is 11.5 Å². The number of rotatable bonds is 6. The van der Waals surface area contributed by atoms with Gasteiger partial charge >= 0.3 is 5.97 Å². The summed E-state index contributed by atoms with van der Waals surface area (Å²) in [6.45, 7) is 2.65. The van der Waals surface area contributed by atoms with E-state index in [1.807, 2.05) is 30.3 Å². The van der Waals surface area contributed by atoms with Gasteiger partial charge in [0.05, 0.1) is 11.1 Å². The normalized spacial score (nSPS) is 17.3. The SMILES string of the molecule is COCN1c2cc(CN3CCC(C(=O)O)(c4ccccc4)CC3)ccc2Sc2nccnc21. The zero-order valence-electron chi connectivity index (χ0n) is 18.5. The fourth-order valence-corrected chi connectivity index (χ4v) is 5.73. The summed E-state index contributed by atoms with van der Waals surface area (Å²) >= 11 is 1.62. The number of piperidine rings is 1. The fourth-order valence-electron chi connectivity index (χ4n) is 4.75. The van der Waals surface area contributed by atoms with E-state index in [0.29, 0.717) is 19.6 Å². The summed E-state index contributed by atoms with van der Waals surface area (Å²) in [5.74, 6) is 0.0789. The first-order chi connectivity index (χ1) is 16.1. The van der Waals surface area contributed by atoms with Crippen LogP contribution < -0.4 is 4.90 Å². The molecule has 2 aliphatic heterocycles. The molecule has 0 unspecified atom stereocenters. The van der Waals surface area contributed by atoms with Crippen molar-refractivity contribution in [3.05, 3.63) is 72.1 Å². The smallest absolute Gasteiger partial charge is 0.314 e. The van der Waals surface area contributed by atoms with Crippen molar-refractivity contribution in [1.82, 2.24) is 14.9 Å². The molecule has 0 saturated carbocycles. The molecular weight excluding hydrogens is 436 g/mol. The van der Waals surface area contributed by atoms with Crippen LogP contribution in [-0.2, 0) is 21.5 Å². The second kappa shape index (κ2) is 9.13. The fraction of sp³-hybridized carbons (Fsp3) is 0.320. The number of nitrogens with zero attached hydrogens (tertiary/aromatic N) is 4. The number of methoxy groups -OCH3 is 1. The van der Waals surface area contributed by atoms with Gasteiger partial charge < -0.3 is 9.84 Å². The molecule has 0 amide bonds. The van der Waals surface area contributed by atoms with Crippen molar-refractivity contribution in [1.29, 1.82) is 0 Å². The number of aliphatic carboxylic acids is 1. The van der Waals surface area contributed by atoms with Crippen LogP contribution in [0.2, 0.25) is 0 Å². The monoisotopic (exact) mass is 462 g/mol. The Morgan fingerprint density at radius 3 is 2.61 bits per heavy atom. The van der Waals surface area contributed by atoms with Crippen LogP contribution in [0.3, 0.4) is 0 Å². The van der Waals surface area contributed by atoms with Crippen molar-refractivity contribution in [3.63, 3.8) is 0 Å². The molecule has 1 saturated heterocycles. The van der Waals surface area contributed by atoms with Crippen LogP contribution in [0.15, 0.2) is 70.8 Å². The van der Waals surface area contributed by atoms with Crippen LogP contribution in [0.1, 0.15) is 24.0 Å². The molecule has 0 atom stereocenters. The Hall–Kier alpha value is -2.94. The van der Waals surface area contributed by atoms with E-state index in [9.17, 15) is 9.90 Å². The molecule has 2 aromatic carbocycles. The highest BCUT2D eigenvalue weighted by Crippen LogP contribution is 2.46. The van der Waals surface area contributed by atoms with Gasteiger partial charge in [0.1, 0.15) is 11.8 Å². The number of ether oxygens (including phenoxy) is 1. The van der Waals surface area contributed by atoms with Crippen LogP contribution in [0.5, 0.6) is 0 Å². The van der Waals surface area contributed by atoms with E-state index < -0.39 is 11.4 Å². The maximum Gasteiger partial charge on any atom is 0.314 e. The number of aromatic nitrogens is 2. The summed E-state index contributed by atoms with van der Waals surface area (Å²) in [6.07, 6.45) is 4.61. The maximum absolute atomic E-state index is 12.3. The van der Waals surface area contributed by atoms with E-state index in [4.69, 9.17) is 4.74 Å². The molecule has 0 aliphatic carbocycles. The lowest BCUT2D eigenvalue weighted by molar-refractivity contribution is -0.146. The Kier molecular flexibility index (Phi) is 6.05. The predicted molar refractivity (Wildman–Crippen MR) is 127 cm³/mol. The third-order valence-corrected chi connectivity index (χ3v) is 7.58. The van der Waals surface area contributed by atoms with Crippen molar-refractivity contribution in [2.75, 3.05) is 31.8 Å². The first kappa shape index (κ1) is 21.9. The minimum Gasteiger partial charge on any atom is -0.481 e. The molecule has 1 fully saturated rings. The van der Waals surface area contributed by atoms with Gasteiger partial charge in [0.15, 0.2) is 5.82 Å². The van der Waals surface area contributed by atoms with Crippen LogP contribution in [0.25, 0.3) is 0 Å².